The third-order valence-corrected chi connectivity index (χ3v) is 5.81. The van der Waals surface area contributed by atoms with Crippen molar-refractivity contribution in [3.05, 3.63) is 35.5 Å². The topological polar surface area (TPSA) is 149 Å². The highest BCUT2D eigenvalue weighted by atomic mass is 16.5. The molecule has 0 aliphatic heterocycles. The van der Waals surface area contributed by atoms with Crippen LogP contribution in [0.3, 0.4) is 0 Å². The van der Waals surface area contributed by atoms with Gasteiger partial charge < -0.3 is 31.9 Å². The van der Waals surface area contributed by atoms with Gasteiger partial charge in [0.25, 0.3) is 0 Å². The Kier molecular flexibility index (Phi) is 6.73. The molecule has 2 heterocycles. The number of nitrogens with two attached hydrogens (primary N) is 2. The first-order chi connectivity index (χ1) is 15.5. The predicted molar refractivity (Wildman–Crippen MR) is 124 cm³/mol. The van der Waals surface area contributed by atoms with E-state index in [1.165, 1.54) is 0 Å². The molecular weight excluding hydrogens is 408 g/mol. The molecule has 172 valence electrons. The van der Waals surface area contributed by atoms with Crippen LogP contribution in [-0.2, 0) is 13.1 Å². The molecule has 10 heteroatoms. The predicted octanol–water partition coefficient (Wildman–Crippen LogP) is 1.58. The number of aliphatic hydroxyl groups is 1. The van der Waals surface area contributed by atoms with Crippen LogP contribution in [0.4, 0.5) is 11.8 Å². The van der Waals surface area contributed by atoms with E-state index in [1.807, 2.05) is 16.8 Å². The maximum absolute atomic E-state index is 9.45. The molecule has 0 spiro atoms. The van der Waals surface area contributed by atoms with Gasteiger partial charge >= 0.3 is 0 Å². The van der Waals surface area contributed by atoms with E-state index in [2.05, 4.69) is 38.7 Å². The van der Waals surface area contributed by atoms with E-state index in [-0.39, 0.29) is 18.2 Å². The van der Waals surface area contributed by atoms with Gasteiger partial charge in [-0.1, -0.05) is 25.5 Å². The molecule has 1 aromatic carbocycles. The summed E-state index contributed by atoms with van der Waals surface area (Å²) in [5, 5.41) is 20.7. The zero-order valence-corrected chi connectivity index (χ0v) is 18.6. The number of hydrogen-bond donors (Lipinski definition) is 5. The van der Waals surface area contributed by atoms with E-state index < -0.39 is 0 Å². The molecule has 2 aromatic heterocycles. The SMILES string of the molecule is CCCC(N)Nc1nc(N)nc2cnn(Cc3ccc(CNC4CC(O)C4)cc3OC)c12. The third-order valence-electron chi connectivity index (χ3n) is 5.81. The van der Waals surface area contributed by atoms with Crippen LogP contribution in [0.1, 0.15) is 43.7 Å². The van der Waals surface area contributed by atoms with E-state index in [1.54, 1.807) is 13.3 Å². The average molecular weight is 441 g/mol. The number of aromatic nitrogens is 4. The van der Waals surface area contributed by atoms with Crippen molar-refractivity contribution in [1.82, 2.24) is 25.1 Å². The van der Waals surface area contributed by atoms with Gasteiger partial charge in [-0.25, -0.2) is 4.98 Å². The van der Waals surface area contributed by atoms with Gasteiger partial charge in [0.2, 0.25) is 5.95 Å². The number of nitrogens with one attached hydrogen (secondary N) is 2. The zero-order valence-electron chi connectivity index (χ0n) is 18.6. The molecule has 1 atom stereocenters. The van der Waals surface area contributed by atoms with Gasteiger partial charge in [0.05, 0.1) is 32.1 Å². The maximum Gasteiger partial charge on any atom is 0.222 e. The molecule has 4 rings (SSSR count). The number of hydrogen-bond acceptors (Lipinski definition) is 9. The molecule has 1 aliphatic rings. The standard InChI is InChI=1S/C22H32N8O2/c1-3-4-19(23)28-21-20-17(27-22(24)29-21)11-26-30(20)12-14-6-5-13(7-18(14)32-2)10-25-15-8-16(31)9-15/h5-7,11,15-16,19,25,31H,3-4,8-10,12,23H2,1-2H3,(H3,24,27,28,29). The van der Waals surface area contributed by atoms with Gasteiger partial charge in [-0.3, -0.25) is 4.68 Å². The van der Waals surface area contributed by atoms with Crippen molar-refractivity contribution in [2.24, 2.45) is 5.73 Å². The van der Waals surface area contributed by atoms with Crippen LogP contribution < -0.4 is 26.8 Å². The number of benzene rings is 1. The normalized spacial score (nSPS) is 19.0. The molecule has 0 amide bonds. The number of ether oxygens (including phenoxy) is 1. The minimum atomic E-state index is -0.237. The van der Waals surface area contributed by atoms with Gasteiger partial charge in [0, 0.05) is 18.2 Å². The van der Waals surface area contributed by atoms with Crippen molar-refractivity contribution >= 4 is 22.8 Å². The third kappa shape index (κ3) is 4.93. The lowest BCUT2D eigenvalue weighted by atomic mass is 9.89. The Bertz CT molecular complexity index is 1060. The monoisotopic (exact) mass is 440 g/mol. The fourth-order valence-corrected chi connectivity index (χ4v) is 4.00. The first-order valence-electron chi connectivity index (χ1n) is 11.0. The summed E-state index contributed by atoms with van der Waals surface area (Å²) in [6.07, 6.45) is 4.67. The average Bonchev–Trinajstić information content (AvgIpc) is 3.13. The van der Waals surface area contributed by atoms with Crippen molar-refractivity contribution in [1.29, 1.82) is 0 Å². The fourth-order valence-electron chi connectivity index (χ4n) is 4.00. The summed E-state index contributed by atoms with van der Waals surface area (Å²) in [6, 6.07) is 6.54. The van der Waals surface area contributed by atoms with Crippen LogP contribution in [0.15, 0.2) is 24.4 Å². The van der Waals surface area contributed by atoms with Crippen LogP contribution in [0, 0.1) is 0 Å². The summed E-state index contributed by atoms with van der Waals surface area (Å²) in [5.74, 6) is 1.54. The number of methoxy groups -OCH3 is 1. The second-order valence-electron chi connectivity index (χ2n) is 8.36. The van der Waals surface area contributed by atoms with E-state index in [0.717, 1.165) is 54.6 Å². The summed E-state index contributed by atoms with van der Waals surface area (Å²) < 4.78 is 7.50. The van der Waals surface area contributed by atoms with E-state index >= 15 is 0 Å². The molecule has 0 bridgehead atoms. The molecule has 0 saturated heterocycles. The minimum absolute atomic E-state index is 0.163. The molecule has 1 saturated carbocycles. The molecule has 1 unspecified atom stereocenters. The lowest BCUT2D eigenvalue weighted by molar-refractivity contribution is 0.0619. The van der Waals surface area contributed by atoms with Gasteiger partial charge in [0.15, 0.2) is 5.82 Å². The van der Waals surface area contributed by atoms with Crippen molar-refractivity contribution < 1.29 is 9.84 Å². The van der Waals surface area contributed by atoms with E-state index in [0.29, 0.717) is 23.9 Å². The number of fused-ring (bicyclic) bond motifs is 1. The Balaban J connectivity index is 1.55. The van der Waals surface area contributed by atoms with Gasteiger partial charge in [-0.05, 0) is 30.9 Å². The highest BCUT2D eigenvalue weighted by Gasteiger charge is 2.26. The van der Waals surface area contributed by atoms with Crippen molar-refractivity contribution in [3.8, 4) is 5.75 Å². The van der Waals surface area contributed by atoms with Gasteiger partial charge in [-0.2, -0.15) is 10.1 Å². The molecular formula is C22H32N8O2. The number of nitrogens with zero attached hydrogens (tertiary/aromatic N) is 4. The zero-order chi connectivity index (χ0) is 22.7. The maximum atomic E-state index is 9.45. The Morgan fingerprint density at radius 1 is 1.31 bits per heavy atom. The second kappa shape index (κ2) is 9.68. The van der Waals surface area contributed by atoms with Crippen molar-refractivity contribution in [2.45, 2.75) is 64.0 Å². The fraction of sp³-hybridized carbons (Fsp3) is 0.500. The summed E-state index contributed by atoms with van der Waals surface area (Å²) in [4.78, 5) is 8.69. The summed E-state index contributed by atoms with van der Waals surface area (Å²) >= 11 is 0. The number of nitrogen functional groups attached to an aromatic ring is 1. The van der Waals surface area contributed by atoms with Crippen LogP contribution >= 0.6 is 0 Å². The summed E-state index contributed by atoms with van der Waals surface area (Å²) in [7, 11) is 1.67. The molecule has 32 heavy (non-hydrogen) atoms. The Morgan fingerprint density at radius 3 is 2.84 bits per heavy atom. The minimum Gasteiger partial charge on any atom is -0.496 e. The smallest absolute Gasteiger partial charge is 0.222 e. The first-order valence-corrected chi connectivity index (χ1v) is 11.0. The largest absolute Gasteiger partial charge is 0.496 e. The van der Waals surface area contributed by atoms with Crippen LogP contribution in [0.5, 0.6) is 5.75 Å². The van der Waals surface area contributed by atoms with Crippen LogP contribution in [0.2, 0.25) is 0 Å². The van der Waals surface area contributed by atoms with Crippen LogP contribution in [-0.4, -0.2) is 50.3 Å². The number of aliphatic hydroxyl groups excluding tert-OH is 1. The van der Waals surface area contributed by atoms with E-state index in [4.69, 9.17) is 16.2 Å². The lowest BCUT2D eigenvalue weighted by Gasteiger charge is -2.32. The molecule has 1 aliphatic carbocycles. The molecule has 0 radical (unpaired) electrons. The second-order valence-corrected chi connectivity index (χ2v) is 8.36. The summed E-state index contributed by atoms with van der Waals surface area (Å²) in [5.41, 5.74) is 15.6. The highest BCUT2D eigenvalue weighted by molar-refractivity contribution is 5.86. The van der Waals surface area contributed by atoms with Crippen LogP contribution in [0.25, 0.3) is 11.0 Å². The first kappa shape index (κ1) is 22.3. The van der Waals surface area contributed by atoms with Crippen molar-refractivity contribution in [2.75, 3.05) is 18.2 Å². The Hall–Kier alpha value is -2.95. The van der Waals surface area contributed by atoms with Gasteiger partial charge in [0.1, 0.15) is 16.8 Å². The number of anilines is 2. The quantitative estimate of drug-likeness (QED) is 0.296. The molecule has 10 nitrogen and oxygen atoms in total. The lowest BCUT2D eigenvalue weighted by Crippen LogP contribution is -2.43. The molecule has 3 aromatic rings. The molecule has 1 fully saturated rings. The summed E-state index contributed by atoms with van der Waals surface area (Å²) in [6.45, 7) is 3.30. The van der Waals surface area contributed by atoms with Gasteiger partial charge in [-0.15, -0.1) is 0 Å². The number of rotatable bonds is 10. The Labute approximate surface area is 187 Å². The molecule has 7 N–H and O–H groups in total. The van der Waals surface area contributed by atoms with E-state index in [9.17, 15) is 5.11 Å². The highest BCUT2D eigenvalue weighted by Crippen LogP contribution is 2.27. The Morgan fingerprint density at radius 2 is 2.12 bits per heavy atom. The van der Waals surface area contributed by atoms with Crippen molar-refractivity contribution in [3.63, 3.8) is 0 Å².